The SMILES string of the molecule is CCNCCc1nnc(-c2ccsc2)o1. The van der Waals surface area contributed by atoms with Gasteiger partial charge in [-0.05, 0) is 18.0 Å². The lowest BCUT2D eigenvalue weighted by atomic mass is 10.3. The van der Waals surface area contributed by atoms with Gasteiger partial charge in [-0.25, -0.2) is 0 Å². The Morgan fingerprint density at radius 2 is 2.40 bits per heavy atom. The van der Waals surface area contributed by atoms with Crippen LogP contribution in [0.25, 0.3) is 11.5 Å². The standard InChI is InChI=1S/C10H13N3OS/c1-2-11-5-3-9-12-13-10(14-9)8-4-6-15-7-8/h4,6-7,11H,2-3,5H2,1H3. The first-order valence-electron chi connectivity index (χ1n) is 4.96. The number of thiophene rings is 1. The lowest BCUT2D eigenvalue weighted by molar-refractivity contribution is 0.496. The molecule has 0 amide bonds. The summed E-state index contributed by atoms with van der Waals surface area (Å²) in [6.07, 6.45) is 0.783. The lowest BCUT2D eigenvalue weighted by Crippen LogP contribution is -2.16. The Bertz CT molecular complexity index is 396. The minimum absolute atomic E-state index is 0.614. The number of nitrogens with zero attached hydrogens (tertiary/aromatic N) is 2. The molecule has 0 fully saturated rings. The van der Waals surface area contributed by atoms with Crippen molar-refractivity contribution in [1.82, 2.24) is 15.5 Å². The highest BCUT2D eigenvalue weighted by atomic mass is 32.1. The summed E-state index contributed by atoms with van der Waals surface area (Å²) >= 11 is 1.63. The van der Waals surface area contributed by atoms with Crippen LogP contribution in [0.2, 0.25) is 0 Å². The molecule has 0 aliphatic rings. The monoisotopic (exact) mass is 223 g/mol. The topological polar surface area (TPSA) is 51.0 Å². The van der Waals surface area contributed by atoms with Gasteiger partial charge in [0.25, 0.3) is 0 Å². The molecule has 0 spiro atoms. The second-order valence-corrected chi connectivity index (χ2v) is 3.90. The minimum Gasteiger partial charge on any atom is -0.421 e. The third kappa shape index (κ3) is 2.64. The van der Waals surface area contributed by atoms with Gasteiger partial charge >= 0.3 is 0 Å². The summed E-state index contributed by atoms with van der Waals surface area (Å²) < 4.78 is 5.52. The Labute approximate surface area is 92.3 Å². The summed E-state index contributed by atoms with van der Waals surface area (Å²) in [5, 5.41) is 15.2. The molecule has 0 aromatic carbocycles. The number of rotatable bonds is 5. The quantitative estimate of drug-likeness (QED) is 0.787. The summed E-state index contributed by atoms with van der Waals surface area (Å²) in [6.45, 7) is 3.91. The van der Waals surface area contributed by atoms with E-state index < -0.39 is 0 Å². The molecule has 0 atom stereocenters. The van der Waals surface area contributed by atoms with Gasteiger partial charge in [0.15, 0.2) is 0 Å². The van der Waals surface area contributed by atoms with Crippen molar-refractivity contribution in [3.8, 4) is 11.5 Å². The molecule has 0 bridgehead atoms. The van der Waals surface area contributed by atoms with Crippen LogP contribution in [0.4, 0.5) is 0 Å². The van der Waals surface area contributed by atoms with Crippen LogP contribution in [0.3, 0.4) is 0 Å². The molecular weight excluding hydrogens is 210 g/mol. The van der Waals surface area contributed by atoms with Crippen molar-refractivity contribution in [1.29, 1.82) is 0 Å². The fourth-order valence-corrected chi connectivity index (χ4v) is 1.86. The van der Waals surface area contributed by atoms with Crippen molar-refractivity contribution in [2.75, 3.05) is 13.1 Å². The van der Waals surface area contributed by atoms with E-state index in [1.165, 1.54) is 0 Å². The van der Waals surface area contributed by atoms with Gasteiger partial charge in [-0.1, -0.05) is 6.92 Å². The predicted molar refractivity (Wildman–Crippen MR) is 59.9 cm³/mol. The van der Waals surface area contributed by atoms with Crippen LogP contribution in [0, 0.1) is 0 Å². The third-order valence-corrected chi connectivity index (χ3v) is 2.68. The zero-order valence-corrected chi connectivity index (χ0v) is 9.38. The zero-order chi connectivity index (χ0) is 10.5. The fourth-order valence-electron chi connectivity index (χ4n) is 1.23. The zero-order valence-electron chi connectivity index (χ0n) is 8.56. The van der Waals surface area contributed by atoms with Gasteiger partial charge in [0.1, 0.15) is 0 Å². The molecule has 0 aliphatic carbocycles. The van der Waals surface area contributed by atoms with Crippen LogP contribution in [0.1, 0.15) is 12.8 Å². The predicted octanol–water partition coefficient (Wildman–Crippen LogP) is 1.95. The van der Waals surface area contributed by atoms with E-state index in [1.807, 2.05) is 16.8 Å². The van der Waals surface area contributed by atoms with E-state index in [-0.39, 0.29) is 0 Å². The highest BCUT2D eigenvalue weighted by Crippen LogP contribution is 2.20. The first-order valence-corrected chi connectivity index (χ1v) is 5.90. The molecule has 4 nitrogen and oxygen atoms in total. The summed E-state index contributed by atoms with van der Waals surface area (Å²) in [6, 6.07) is 1.98. The van der Waals surface area contributed by atoms with Crippen LogP contribution in [0.5, 0.6) is 0 Å². The smallest absolute Gasteiger partial charge is 0.248 e. The molecule has 5 heteroatoms. The molecule has 2 rings (SSSR count). The second kappa shape index (κ2) is 5.04. The van der Waals surface area contributed by atoms with Gasteiger partial charge in [0.05, 0.1) is 0 Å². The Morgan fingerprint density at radius 3 is 3.13 bits per heavy atom. The molecule has 2 aromatic rings. The molecule has 2 heterocycles. The van der Waals surface area contributed by atoms with Crippen molar-refractivity contribution in [2.45, 2.75) is 13.3 Å². The molecule has 0 aliphatic heterocycles. The summed E-state index contributed by atoms with van der Waals surface area (Å²) in [4.78, 5) is 0. The third-order valence-electron chi connectivity index (χ3n) is 2.00. The molecule has 0 saturated carbocycles. The Kier molecular flexibility index (Phi) is 3.47. The first-order chi connectivity index (χ1) is 7.40. The van der Waals surface area contributed by atoms with Crippen molar-refractivity contribution in [3.05, 3.63) is 22.7 Å². The van der Waals surface area contributed by atoms with Crippen molar-refractivity contribution < 1.29 is 4.42 Å². The normalized spacial score (nSPS) is 10.7. The maximum Gasteiger partial charge on any atom is 0.248 e. The van der Waals surface area contributed by atoms with Gasteiger partial charge in [0, 0.05) is 23.9 Å². The van der Waals surface area contributed by atoms with Gasteiger partial charge in [-0.15, -0.1) is 10.2 Å². The van der Waals surface area contributed by atoms with Crippen molar-refractivity contribution in [2.24, 2.45) is 0 Å². The highest BCUT2D eigenvalue weighted by molar-refractivity contribution is 7.08. The van der Waals surface area contributed by atoms with Crippen molar-refractivity contribution >= 4 is 11.3 Å². The van der Waals surface area contributed by atoms with Crippen LogP contribution < -0.4 is 5.32 Å². The van der Waals surface area contributed by atoms with Crippen molar-refractivity contribution in [3.63, 3.8) is 0 Å². The van der Waals surface area contributed by atoms with Gasteiger partial charge < -0.3 is 9.73 Å². The molecule has 15 heavy (non-hydrogen) atoms. The van der Waals surface area contributed by atoms with E-state index in [9.17, 15) is 0 Å². The van der Waals surface area contributed by atoms with Crippen LogP contribution in [-0.4, -0.2) is 23.3 Å². The number of hydrogen-bond acceptors (Lipinski definition) is 5. The lowest BCUT2D eigenvalue weighted by Gasteiger charge is -1.95. The molecule has 2 aromatic heterocycles. The Hall–Kier alpha value is -1.20. The Morgan fingerprint density at radius 1 is 1.47 bits per heavy atom. The van der Waals surface area contributed by atoms with E-state index in [0.29, 0.717) is 11.8 Å². The first kappa shape index (κ1) is 10.3. The number of aromatic nitrogens is 2. The number of likely N-dealkylation sites (N-methyl/N-ethyl adjacent to an activating group) is 1. The average Bonchev–Trinajstić information content (AvgIpc) is 2.87. The highest BCUT2D eigenvalue weighted by Gasteiger charge is 2.07. The molecular formula is C10H13N3OS. The summed E-state index contributed by atoms with van der Waals surface area (Å²) in [5.74, 6) is 1.31. The largest absolute Gasteiger partial charge is 0.421 e. The number of hydrogen-bond donors (Lipinski definition) is 1. The van der Waals surface area contributed by atoms with Gasteiger partial charge in [-0.3, -0.25) is 0 Å². The van der Waals surface area contributed by atoms with E-state index in [1.54, 1.807) is 11.3 Å². The summed E-state index contributed by atoms with van der Waals surface area (Å²) in [5.41, 5.74) is 1.00. The van der Waals surface area contributed by atoms with Crippen LogP contribution in [0.15, 0.2) is 21.2 Å². The van der Waals surface area contributed by atoms with Crippen LogP contribution in [-0.2, 0) is 6.42 Å². The molecule has 0 radical (unpaired) electrons. The van der Waals surface area contributed by atoms with E-state index >= 15 is 0 Å². The molecule has 80 valence electrons. The van der Waals surface area contributed by atoms with Crippen LogP contribution >= 0.6 is 11.3 Å². The molecule has 1 N–H and O–H groups in total. The Balaban J connectivity index is 1.98. The minimum atomic E-state index is 0.614. The maximum absolute atomic E-state index is 5.52. The fraction of sp³-hybridized carbons (Fsp3) is 0.400. The maximum atomic E-state index is 5.52. The van der Waals surface area contributed by atoms with E-state index in [2.05, 4.69) is 22.4 Å². The van der Waals surface area contributed by atoms with E-state index in [0.717, 1.165) is 25.1 Å². The van der Waals surface area contributed by atoms with Gasteiger partial charge in [-0.2, -0.15) is 11.3 Å². The van der Waals surface area contributed by atoms with Gasteiger partial charge in [0.2, 0.25) is 11.8 Å². The average molecular weight is 223 g/mol. The second-order valence-electron chi connectivity index (χ2n) is 3.12. The van der Waals surface area contributed by atoms with E-state index in [4.69, 9.17) is 4.42 Å². The molecule has 0 saturated heterocycles. The molecule has 0 unspecified atom stereocenters. The number of nitrogens with one attached hydrogen (secondary N) is 1. The summed E-state index contributed by atoms with van der Waals surface area (Å²) in [7, 11) is 0.